The summed E-state index contributed by atoms with van der Waals surface area (Å²) < 4.78 is 1.29. The topological polar surface area (TPSA) is 3.24 Å². The molecule has 0 amide bonds. The lowest BCUT2D eigenvalue weighted by molar-refractivity contribution is 0.277. The maximum absolute atomic E-state index is 2.39. The first-order valence-electron chi connectivity index (χ1n) is 4.55. The first-order valence-corrected chi connectivity index (χ1v) is 6.08. The van der Waals surface area contributed by atoms with E-state index in [0.717, 1.165) is 0 Å². The Labute approximate surface area is 84.7 Å². The summed E-state index contributed by atoms with van der Waals surface area (Å²) in [5, 5.41) is 0. The van der Waals surface area contributed by atoms with Crippen LogP contribution < -0.4 is 0 Å². The molecule has 0 N–H and O–H groups in total. The van der Waals surface area contributed by atoms with Gasteiger partial charge >= 0.3 is 0 Å². The number of alkyl halides is 1. The molecule has 0 unspecified atom stereocenters. The van der Waals surface area contributed by atoms with E-state index in [1.165, 1.54) is 43.2 Å². The van der Waals surface area contributed by atoms with Gasteiger partial charge in [-0.2, -0.15) is 0 Å². The normalized spacial score (nSPS) is 18.8. The minimum absolute atomic E-state index is 1.29. The van der Waals surface area contributed by atoms with Gasteiger partial charge in [0.2, 0.25) is 0 Å². The molecular formula is C9H20IN. The zero-order chi connectivity index (χ0) is 8.53. The molecule has 0 spiro atoms. The summed E-state index contributed by atoms with van der Waals surface area (Å²) in [5.74, 6) is 0. The van der Waals surface area contributed by atoms with Crippen LogP contribution in [0.25, 0.3) is 0 Å². The molecule has 1 rings (SSSR count). The van der Waals surface area contributed by atoms with Crippen LogP contribution in [-0.4, -0.2) is 29.5 Å². The van der Waals surface area contributed by atoms with E-state index in [2.05, 4.69) is 41.5 Å². The summed E-state index contributed by atoms with van der Waals surface area (Å²) in [4.78, 5) is 2.39. The lowest BCUT2D eigenvalue weighted by atomic mass is 10.1. The third-order valence-electron chi connectivity index (χ3n) is 1.77. The third-order valence-corrected chi connectivity index (χ3v) is 2.85. The SMILES string of the molecule is CCCI.CN1CCCCC1. The van der Waals surface area contributed by atoms with E-state index >= 15 is 0 Å². The first-order chi connectivity index (χ1) is 5.31. The van der Waals surface area contributed by atoms with E-state index in [0.29, 0.717) is 0 Å². The van der Waals surface area contributed by atoms with Crippen molar-refractivity contribution < 1.29 is 0 Å². The molecule has 68 valence electrons. The molecule has 0 saturated carbocycles. The van der Waals surface area contributed by atoms with Crippen LogP contribution >= 0.6 is 22.6 Å². The Hall–Kier alpha value is 0.690. The van der Waals surface area contributed by atoms with Crippen LogP contribution in [0.1, 0.15) is 32.6 Å². The molecule has 0 aromatic carbocycles. The van der Waals surface area contributed by atoms with Crippen LogP contribution in [0.15, 0.2) is 0 Å². The van der Waals surface area contributed by atoms with E-state index in [1.807, 2.05) is 0 Å². The summed E-state index contributed by atoms with van der Waals surface area (Å²) in [6.07, 6.45) is 5.58. The second-order valence-electron chi connectivity index (χ2n) is 3.05. The molecule has 1 aliphatic heterocycles. The summed E-state index contributed by atoms with van der Waals surface area (Å²) >= 11 is 2.35. The van der Waals surface area contributed by atoms with Gasteiger partial charge in [0.25, 0.3) is 0 Å². The van der Waals surface area contributed by atoms with Crippen molar-refractivity contribution in [3.8, 4) is 0 Å². The highest BCUT2D eigenvalue weighted by Crippen LogP contribution is 2.04. The van der Waals surface area contributed by atoms with Crippen molar-refractivity contribution in [1.29, 1.82) is 0 Å². The number of halogens is 1. The predicted octanol–water partition coefficient (Wildman–Crippen LogP) is 2.93. The Kier molecular flexibility index (Phi) is 9.33. The van der Waals surface area contributed by atoms with Gasteiger partial charge in [-0.3, -0.25) is 0 Å². The number of nitrogens with zero attached hydrogens (tertiary/aromatic N) is 1. The van der Waals surface area contributed by atoms with Crippen molar-refractivity contribution in [3.63, 3.8) is 0 Å². The molecule has 1 heterocycles. The fourth-order valence-corrected chi connectivity index (χ4v) is 1.05. The molecule has 1 saturated heterocycles. The first kappa shape index (κ1) is 11.7. The summed E-state index contributed by atoms with van der Waals surface area (Å²) in [6.45, 7) is 4.81. The average molecular weight is 269 g/mol. The highest BCUT2D eigenvalue weighted by atomic mass is 127. The van der Waals surface area contributed by atoms with Crippen molar-refractivity contribution in [3.05, 3.63) is 0 Å². The number of piperidine rings is 1. The molecule has 0 radical (unpaired) electrons. The molecule has 0 aliphatic carbocycles. The summed E-state index contributed by atoms with van der Waals surface area (Å²) in [5.41, 5.74) is 0. The van der Waals surface area contributed by atoms with Crippen molar-refractivity contribution in [2.45, 2.75) is 32.6 Å². The fraction of sp³-hybridized carbons (Fsp3) is 1.00. The van der Waals surface area contributed by atoms with Gasteiger partial charge in [0, 0.05) is 0 Å². The van der Waals surface area contributed by atoms with Crippen LogP contribution in [0.3, 0.4) is 0 Å². The van der Waals surface area contributed by atoms with E-state index in [4.69, 9.17) is 0 Å². The van der Waals surface area contributed by atoms with Crippen molar-refractivity contribution >= 4 is 22.6 Å². The second kappa shape index (κ2) is 8.78. The Morgan fingerprint density at radius 1 is 1.18 bits per heavy atom. The van der Waals surface area contributed by atoms with Gasteiger partial charge in [0.1, 0.15) is 0 Å². The van der Waals surface area contributed by atoms with E-state index in [9.17, 15) is 0 Å². The maximum Gasteiger partial charge on any atom is -0.000735 e. The van der Waals surface area contributed by atoms with Crippen LogP contribution in [0, 0.1) is 0 Å². The maximum atomic E-state index is 2.39. The van der Waals surface area contributed by atoms with Gasteiger partial charge in [0.15, 0.2) is 0 Å². The lowest BCUT2D eigenvalue weighted by Crippen LogP contribution is -2.24. The van der Waals surface area contributed by atoms with Gasteiger partial charge in [0.05, 0.1) is 0 Å². The molecule has 1 nitrogen and oxygen atoms in total. The molecule has 11 heavy (non-hydrogen) atoms. The van der Waals surface area contributed by atoms with Crippen LogP contribution in [-0.2, 0) is 0 Å². The molecular weight excluding hydrogens is 249 g/mol. The smallest absolute Gasteiger partial charge is 0.000735 e. The molecule has 0 aromatic heterocycles. The standard InChI is InChI=1S/C6H13N.C3H7I/c1-7-5-3-2-4-6-7;1-2-3-4/h2-6H2,1H3;2-3H2,1H3. The van der Waals surface area contributed by atoms with Crippen molar-refractivity contribution in [2.24, 2.45) is 0 Å². The van der Waals surface area contributed by atoms with Gasteiger partial charge < -0.3 is 4.90 Å². The van der Waals surface area contributed by atoms with E-state index in [-0.39, 0.29) is 0 Å². The average Bonchev–Trinajstić information content (AvgIpc) is 2.07. The molecule has 0 atom stereocenters. The second-order valence-corrected chi connectivity index (χ2v) is 4.13. The molecule has 1 fully saturated rings. The fourth-order valence-electron chi connectivity index (χ4n) is 1.05. The Morgan fingerprint density at radius 2 is 1.64 bits per heavy atom. The van der Waals surface area contributed by atoms with Gasteiger partial charge in [-0.15, -0.1) is 0 Å². The zero-order valence-electron chi connectivity index (χ0n) is 7.77. The summed E-state index contributed by atoms with van der Waals surface area (Å²) in [6, 6.07) is 0. The largest absolute Gasteiger partial charge is 0.306 e. The number of hydrogen-bond donors (Lipinski definition) is 0. The van der Waals surface area contributed by atoms with Crippen LogP contribution in [0.4, 0.5) is 0 Å². The zero-order valence-corrected chi connectivity index (χ0v) is 9.93. The lowest BCUT2D eigenvalue weighted by Gasteiger charge is -2.20. The number of likely N-dealkylation sites (tertiary alicyclic amines) is 1. The number of hydrogen-bond acceptors (Lipinski definition) is 1. The van der Waals surface area contributed by atoms with Crippen LogP contribution in [0.2, 0.25) is 0 Å². The van der Waals surface area contributed by atoms with E-state index < -0.39 is 0 Å². The minimum Gasteiger partial charge on any atom is -0.306 e. The predicted molar refractivity (Wildman–Crippen MR) is 60.5 cm³/mol. The van der Waals surface area contributed by atoms with Gasteiger partial charge in [-0.05, 0) is 43.8 Å². The van der Waals surface area contributed by atoms with Crippen LogP contribution in [0.5, 0.6) is 0 Å². The Bertz CT molecular complexity index is 68.0. The molecule has 0 aromatic rings. The highest BCUT2D eigenvalue weighted by molar-refractivity contribution is 14.1. The summed E-state index contributed by atoms with van der Waals surface area (Å²) in [7, 11) is 2.19. The monoisotopic (exact) mass is 269 g/mol. The Balaban J connectivity index is 0.000000218. The van der Waals surface area contributed by atoms with Gasteiger partial charge in [-0.25, -0.2) is 0 Å². The highest BCUT2D eigenvalue weighted by Gasteiger charge is 2.02. The number of rotatable bonds is 1. The molecule has 2 heteroatoms. The molecule has 0 bridgehead atoms. The Morgan fingerprint density at radius 3 is 1.82 bits per heavy atom. The van der Waals surface area contributed by atoms with Gasteiger partial charge in [-0.1, -0.05) is 35.9 Å². The van der Waals surface area contributed by atoms with Crippen molar-refractivity contribution in [1.82, 2.24) is 4.90 Å². The van der Waals surface area contributed by atoms with Crippen molar-refractivity contribution in [2.75, 3.05) is 24.6 Å². The third kappa shape index (κ3) is 8.60. The quantitative estimate of drug-likeness (QED) is 0.522. The van der Waals surface area contributed by atoms with E-state index in [1.54, 1.807) is 0 Å². The minimum atomic E-state index is 1.29. The molecule has 1 aliphatic rings.